The van der Waals surface area contributed by atoms with E-state index in [1.165, 1.54) is 0 Å². The Morgan fingerprint density at radius 1 is 1.29 bits per heavy atom. The molecule has 8 nitrogen and oxygen atoms in total. The fourth-order valence-corrected chi connectivity index (χ4v) is 2.43. The first-order valence-electron chi connectivity index (χ1n) is 7.51. The number of rotatable bonds is 5. The summed E-state index contributed by atoms with van der Waals surface area (Å²) < 4.78 is 8.65. The molecule has 24 heavy (non-hydrogen) atoms. The molecule has 0 spiro atoms. The summed E-state index contributed by atoms with van der Waals surface area (Å²) in [7, 11) is 1.57. The van der Waals surface area contributed by atoms with Crippen molar-refractivity contribution >= 4 is 11.6 Å². The normalized spacial score (nSPS) is 10.6. The molecule has 0 aliphatic rings. The topological polar surface area (TPSA) is 86.9 Å². The molecule has 0 saturated heterocycles. The van der Waals surface area contributed by atoms with Crippen molar-refractivity contribution in [3.63, 3.8) is 0 Å². The van der Waals surface area contributed by atoms with Crippen LogP contribution in [0.5, 0.6) is 5.75 Å². The number of hydrogen-bond acceptors (Lipinski definition) is 5. The minimum absolute atomic E-state index is 0.234. The van der Waals surface area contributed by atoms with Gasteiger partial charge in [0.05, 0.1) is 12.8 Å². The Kier molecular flexibility index (Phi) is 4.28. The quantitative estimate of drug-likeness (QED) is 0.775. The van der Waals surface area contributed by atoms with E-state index < -0.39 is 0 Å². The van der Waals surface area contributed by atoms with Crippen LogP contribution in [0.3, 0.4) is 0 Å². The van der Waals surface area contributed by atoms with Crippen molar-refractivity contribution in [2.24, 2.45) is 0 Å². The third-order valence-corrected chi connectivity index (χ3v) is 3.72. The molecule has 124 valence electrons. The molecule has 0 fully saturated rings. The van der Waals surface area contributed by atoms with E-state index in [1.54, 1.807) is 48.6 Å². The lowest BCUT2D eigenvalue weighted by atomic mass is 10.2. The summed E-state index contributed by atoms with van der Waals surface area (Å²) in [6, 6.07) is 6.99. The maximum atomic E-state index is 12.6. The van der Waals surface area contributed by atoms with Crippen molar-refractivity contribution in [2.45, 2.75) is 20.4 Å². The van der Waals surface area contributed by atoms with Crippen molar-refractivity contribution < 1.29 is 9.53 Å². The van der Waals surface area contributed by atoms with Crippen molar-refractivity contribution in [3.8, 4) is 11.6 Å². The van der Waals surface area contributed by atoms with Crippen LogP contribution in [0.1, 0.15) is 23.0 Å². The lowest BCUT2D eigenvalue weighted by Crippen LogP contribution is -2.14. The van der Waals surface area contributed by atoms with Crippen molar-refractivity contribution in [1.82, 2.24) is 24.5 Å². The second-order valence-corrected chi connectivity index (χ2v) is 5.16. The molecule has 2 heterocycles. The van der Waals surface area contributed by atoms with Gasteiger partial charge >= 0.3 is 0 Å². The fourth-order valence-electron chi connectivity index (χ4n) is 2.43. The first-order valence-corrected chi connectivity index (χ1v) is 7.51. The summed E-state index contributed by atoms with van der Waals surface area (Å²) in [6.45, 7) is 4.59. The Morgan fingerprint density at radius 2 is 2.04 bits per heavy atom. The van der Waals surface area contributed by atoms with E-state index in [0.29, 0.717) is 29.4 Å². The van der Waals surface area contributed by atoms with Gasteiger partial charge in [-0.1, -0.05) is 6.07 Å². The van der Waals surface area contributed by atoms with Gasteiger partial charge in [0.15, 0.2) is 5.82 Å². The van der Waals surface area contributed by atoms with Gasteiger partial charge in [-0.25, -0.2) is 0 Å². The molecule has 2 aromatic heterocycles. The highest BCUT2D eigenvalue weighted by Crippen LogP contribution is 2.25. The van der Waals surface area contributed by atoms with Crippen molar-refractivity contribution in [2.75, 3.05) is 12.4 Å². The molecule has 1 aromatic carbocycles. The first kappa shape index (κ1) is 15.7. The summed E-state index contributed by atoms with van der Waals surface area (Å²) in [5, 5.41) is 15.0. The predicted molar refractivity (Wildman–Crippen MR) is 88.5 cm³/mol. The lowest BCUT2D eigenvalue weighted by molar-refractivity contribution is 0.102. The number of nitrogens with one attached hydrogen (secondary N) is 1. The van der Waals surface area contributed by atoms with Gasteiger partial charge in [0, 0.05) is 12.1 Å². The number of anilines is 1. The zero-order valence-electron chi connectivity index (χ0n) is 13.7. The fraction of sp³-hybridized carbons (Fsp3) is 0.250. The number of ether oxygens (including phenoxy) is 1. The lowest BCUT2D eigenvalue weighted by Gasteiger charge is -2.08. The number of aryl methyl sites for hydroxylation is 1. The van der Waals surface area contributed by atoms with Crippen LogP contribution in [-0.2, 0) is 6.54 Å². The molecule has 0 aliphatic carbocycles. The van der Waals surface area contributed by atoms with Gasteiger partial charge in [0.1, 0.15) is 24.1 Å². The molecule has 0 unspecified atom stereocenters. The average molecular weight is 326 g/mol. The van der Waals surface area contributed by atoms with E-state index in [2.05, 4.69) is 20.6 Å². The molecule has 0 aliphatic heterocycles. The third kappa shape index (κ3) is 2.85. The number of aromatic nitrogens is 5. The van der Waals surface area contributed by atoms with Crippen LogP contribution in [0.2, 0.25) is 0 Å². The number of amides is 1. The second-order valence-electron chi connectivity index (χ2n) is 5.16. The average Bonchev–Trinajstić information content (AvgIpc) is 3.24. The molecule has 0 saturated carbocycles. The summed E-state index contributed by atoms with van der Waals surface area (Å²) in [5.74, 6) is 0.972. The molecule has 0 atom stereocenters. The highest BCUT2D eigenvalue weighted by molar-refractivity contribution is 6.05. The molecule has 0 bridgehead atoms. The summed E-state index contributed by atoms with van der Waals surface area (Å²) in [5.41, 5.74) is 2.00. The third-order valence-electron chi connectivity index (χ3n) is 3.72. The number of carbonyl (C=O) groups is 1. The maximum Gasteiger partial charge on any atom is 0.255 e. The van der Waals surface area contributed by atoms with Gasteiger partial charge in [-0.15, -0.1) is 10.2 Å². The molecular formula is C16H18N6O2. The number of methoxy groups -OCH3 is 1. The Balaban J connectivity index is 1.97. The molecule has 3 rings (SSSR count). The van der Waals surface area contributed by atoms with E-state index in [-0.39, 0.29) is 5.91 Å². The smallest absolute Gasteiger partial charge is 0.255 e. The predicted octanol–water partition coefficient (Wildman–Crippen LogP) is 2.05. The van der Waals surface area contributed by atoms with Gasteiger partial charge in [-0.2, -0.15) is 5.10 Å². The molecule has 0 radical (unpaired) electrons. The number of benzene rings is 1. The largest absolute Gasteiger partial charge is 0.497 e. The van der Waals surface area contributed by atoms with Crippen LogP contribution >= 0.6 is 0 Å². The van der Waals surface area contributed by atoms with Crippen molar-refractivity contribution in [1.29, 1.82) is 0 Å². The first-order chi connectivity index (χ1) is 11.6. The van der Waals surface area contributed by atoms with Gasteiger partial charge in [0.25, 0.3) is 5.91 Å². The molecule has 1 N–H and O–H groups in total. The molecule has 1 amide bonds. The number of nitrogens with zero attached hydrogens (tertiary/aromatic N) is 5. The minimum atomic E-state index is -0.234. The Bertz CT molecular complexity index is 854. The highest BCUT2D eigenvalue weighted by atomic mass is 16.5. The number of carbonyl (C=O) groups excluding carboxylic acids is 1. The summed E-state index contributed by atoms with van der Waals surface area (Å²) in [4.78, 5) is 12.6. The van der Waals surface area contributed by atoms with Crippen LogP contribution < -0.4 is 10.1 Å². The van der Waals surface area contributed by atoms with E-state index in [1.807, 2.05) is 18.5 Å². The Hall–Kier alpha value is -3.16. The monoisotopic (exact) mass is 326 g/mol. The maximum absolute atomic E-state index is 12.6. The van der Waals surface area contributed by atoms with Gasteiger partial charge in [-0.05, 0) is 32.0 Å². The van der Waals surface area contributed by atoms with E-state index in [9.17, 15) is 4.79 Å². The molecule has 3 aromatic rings. The number of hydrogen-bond donors (Lipinski definition) is 1. The highest BCUT2D eigenvalue weighted by Gasteiger charge is 2.19. The van der Waals surface area contributed by atoms with Gasteiger partial charge in [0.2, 0.25) is 0 Å². The SMILES string of the molecule is CCn1nc(-n2cnnc2)c(NC(=O)c2cccc(OC)c2)c1C. The Morgan fingerprint density at radius 3 is 2.71 bits per heavy atom. The van der Waals surface area contributed by atoms with Crippen LogP contribution in [0, 0.1) is 6.92 Å². The standard InChI is InChI=1S/C16H18N6O2/c1-4-22-11(2)14(15(20-22)21-9-17-18-10-21)19-16(23)12-6-5-7-13(8-12)24-3/h5-10H,4H2,1-3H3,(H,19,23). The van der Waals surface area contributed by atoms with Crippen LogP contribution in [0.25, 0.3) is 5.82 Å². The molecule has 8 heteroatoms. The van der Waals surface area contributed by atoms with Gasteiger partial charge < -0.3 is 10.1 Å². The van der Waals surface area contributed by atoms with E-state index >= 15 is 0 Å². The second kappa shape index (κ2) is 6.53. The van der Waals surface area contributed by atoms with E-state index in [0.717, 1.165) is 5.69 Å². The van der Waals surface area contributed by atoms with Crippen LogP contribution in [-0.4, -0.2) is 37.6 Å². The minimum Gasteiger partial charge on any atom is -0.497 e. The Labute approximate surface area is 139 Å². The van der Waals surface area contributed by atoms with E-state index in [4.69, 9.17) is 4.74 Å². The van der Waals surface area contributed by atoms with Crippen molar-refractivity contribution in [3.05, 3.63) is 48.2 Å². The zero-order valence-corrected chi connectivity index (χ0v) is 13.7. The molecular weight excluding hydrogens is 308 g/mol. The summed E-state index contributed by atoms with van der Waals surface area (Å²) in [6.07, 6.45) is 3.09. The van der Waals surface area contributed by atoms with Gasteiger partial charge in [-0.3, -0.25) is 14.0 Å². The zero-order chi connectivity index (χ0) is 17.1. The van der Waals surface area contributed by atoms with Crippen LogP contribution in [0.15, 0.2) is 36.9 Å². The summed E-state index contributed by atoms with van der Waals surface area (Å²) >= 11 is 0. The van der Waals surface area contributed by atoms with Crippen LogP contribution in [0.4, 0.5) is 5.69 Å².